The molecule has 0 spiro atoms. The van der Waals surface area contributed by atoms with Gasteiger partial charge in [0.2, 0.25) is 5.91 Å². The molecule has 2 heterocycles. The molecule has 0 saturated heterocycles. The minimum absolute atomic E-state index is 0.106. The Bertz CT molecular complexity index is 1040. The van der Waals surface area contributed by atoms with Gasteiger partial charge in [-0.15, -0.1) is 16.4 Å². The summed E-state index contributed by atoms with van der Waals surface area (Å²) in [5, 5.41) is 10.8. The van der Waals surface area contributed by atoms with Crippen molar-refractivity contribution in [2.75, 3.05) is 11.9 Å². The number of rotatable bonds is 6. The number of thiophene rings is 1. The van der Waals surface area contributed by atoms with E-state index >= 15 is 0 Å². The standard InChI is InChI=1S/C17H17N5O4S/c1-3-26-17(25)13-9(2)14(15(18)24)27-16(13)19-12(23)8-22-11-7-5-4-6-10(11)20-21-22/h4-7H,3,8H2,1-2H3,(H2,18,24)(H,19,23). The lowest BCUT2D eigenvalue weighted by atomic mass is 10.1. The quantitative estimate of drug-likeness (QED) is 0.620. The summed E-state index contributed by atoms with van der Waals surface area (Å²) >= 11 is 0.940. The maximum absolute atomic E-state index is 12.5. The van der Waals surface area contributed by atoms with Crippen LogP contribution in [-0.2, 0) is 16.1 Å². The van der Waals surface area contributed by atoms with Crippen molar-refractivity contribution in [3.63, 3.8) is 0 Å². The lowest BCUT2D eigenvalue weighted by Gasteiger charge is -2.07. The topological polar surface area (TPSA) is 129 Å². The number of carbonyl (C=O) groups excluding carboxylic acids is 3. The van der Waals surface area contributed by atoms with Crippen molar-refractivity contribution in [2.24, 2.45) is 5.73 Å². The second-order valence-corrected chi connectivity index (χ2v) is 6.65. The van der Waals surface area contributed by atoms with Crippen LogP contribution in [0.1, 0.15) is 32.5 Å². The maximum atomic E-state index is 12.5. The van der Waals surface area contributed by atoms with Gasteiger partial charge in [0.1, 0.15) is 17.1 Å². The van der Waals surface area contributed by atoms with Crippen molar-refractivity contribution in [1.29, 1.82) is 0 Å². The van der Waals surface area contributed by atoms with Gasteiger partial charge in [-0.05, 0) is 31.5 Å². The molecule has 0 aliphatic carbocycles. The molecule has 2 amide bonds. The zero-order valence-corrected chi connectivity index (χ0v) is 15.5. The van der Waals surface area contributed by atoms with Crippen LogP contribution in [0.2, 0.25) is 0 Å². The monoisotopic (exact) mass is 387 g/mol. The summed E-state index contributed by atoms with van der Waals surface area (Å²) in [5.74, 6) is -1.72. The molecule has 3 N–H and O–H groups in total. The van der Waals surface area contributed by atoms with Gasteiger partial charge >= 0.3 is 5.97 Å². The molecule has 0 bridgehead atoms. The molecular weight excluding hydrogens is 370 g/mol. The lowest BCUT2D eigenvalue weighted by molar-refractivity contribution is -0.116. The van der Waals surface area contributed by atoms with Crippen molar-refractivity contribution >= 4 is 45.2 Å². The van der Waals surface area contributed by atoms with Crippen LogP contribution < -0.4 is 11.1 Å². The van der Waals surface area contributed by atoms with E-state index in [0.717, 1.165) is 11.3 Å². The van der Waals surface area contributed by atoms with E-state index in [1.165, 1.54) is 4.68 Å². The highest BCUT2D eigenvalue weighted by Crippen LogP contribution is 2.33. The Morgan fingerprint density at radius 3 is 2.74 bits per heavy atom. The zero-order valence-electron chi connectivity index (χ0n) is 14.7. The highest BCUT2D eigenvalue weighted by atomic mass is 32.1. The van der Waals surface area contributed by atoms with Gasteiger partial charge in [-0.25, -0.2) is 9.48 Å². The number of nitrogens with one attached hydrogen (secondary N) is 1. The number of aromatic nitrogens is 3. The second-order valence-electron chi connectivity index (χ2n) is 5.63. The Morgan fingerprint density at radius 2 is 2.04 bits per heavy atom. The molecule has 3 rings (SSSR count). The highest BCUT2D eigenvalue weighted by Gasteiger charge is 2.25. The lowest BCUT2D eigenvalue weighted by Crippen LogP contribution is -2.20. The zero-order chi connectivity index (χ0) is 19.6. The van der Waals surface area contributed by atoms with Crippen LogP contribution in [-0.4, -0.2) is 39.4 Å². The van der Waals surface area contributed by atoms with Crippen LogP contribution in [0, 0.1) is 6.92 Å². The van der Waals surface area contributed by atoms with Gasteiger partial charge in [-0.2, -0.15) is 0 Å². The van der Waals surface area contributed by atoms with Crippen molar-refractivity contribution < 1.29 is 19.1 Å². The highest BCUT2D eigenvalue weighted by molar-refractivity contribution is 7.18. The van der Waals surface area contributed by atoms with Crippen molar-refractivity contribution in [3.8, 4) is 0 Å². The van der Waals surface area contributed by atoms with E-state index in [9.17, 15) is 14.4 Å². The average molecular weight is 387 g/mol. The van der Waals surface area contributed by atoms with Crippen molar-refractivity contribution in [3.05, 3.63) is 40.3 Å². The smallest absolute Gasteiger partial charge is 0.341 e. The first kappa shape index (κ1) is 18.5. The Kier molecular flexibility index (Phi) is 5.17. The van der Waals surface area contributed by atoms with Gasteiger partial charge in [0.25, 0.3) is 5.91 Å². The number of hydrogen-bond donors (Lipinski definition) is 2. The van der Waals surface area contributed by atoms with E-state index in [1.807, 2.05) is 12.1 Å². The summed E-state index contributed by atoms with van der Waals surface area (Å²) in [6.45, 7) is 3.32. The van der Waals surface area contributed by atoms with Gasteiger partial charge in [0.05, 0.1) is 22.6 Å². The summed E-state index contributed by atoms with van der Waals surface area (Å²) in [5.41, 5.74) is 7.25. The first-order chi connectivity index (χ1) is 12.9. The third kappa shape index (κ3) is 3.65. The number of benzene rings is 1. The molecule has 9 nitrogen and oxygen atoms in total. The molecule has 140 valence electrons. The van der Waals surface area contributed by atoms with Crippen LogP contribution in [0.3, 0.4) is 0 Å². The SMILES string of the molecule is CCOC(=O)c1c(NC(=O)Cn2nnc3ccccc32)sc(C(N)=O)c1C. The number of nitrogens with zero attached hydrogens (tertiary/aromatic N) is 3. The molecule has 10 heteroatoms. The molecule has 0 atom stereocenters. The third-order valence-electron chi connectivity index (χ3n) is 3.82. The fraction of sp³-hybridized carbons (Fsp3) is 0.235. The Balaban J connectivity index is 1.87. The molecule has 0 aliphatic heterocycles. The number of para-hydroxylation sites is 1. The average Bonchev–Trinajstić information content (AvgIpc) is 3.16. The minimum atomic E-state index is -0.675. The summed E-state index contributed by atoms with van der Waals surface area (Å²) in [4.78, 5) is 36.5. The number of anilines is 1. The van der Waals surface area contributed by atoms with Crippen LogP contribution in [0.25, 0.3) is 11.0 Å². The number of nitrogens with two attached hydrogens (primary N) is 1. The maximum Gasteiger partial charge on any atom is 0.341 e. The van der Waals surface area contributed by atoms with Crippen LogP contribution in [0.4, 0.5) is 5.00 Å². The fourth-order valence-electron chi connectivity index (χ4n) is 2.62. The minimum Gasteiger partial charge on any atom is -0.462 e. The number of esters is 1. The first-order valence-corrected chi connectivity index (χ1v) is 8.92. The number of amides is 2. The fourth-order valence-corrected chi connectivity index (χ4v) is 3.69. The molecular formula is C17H17N5O4S. The van der Waals surface area contributed by atoms with E-state index in [-0.39, 0.29) is 28.6 Å². The molecule has 0 unspecified atom stereocenters. The van der Waals surface area contributed by atoms with Crippen LogP contribution >= 0.6 is 11.3 Å². The molecule has 1 aromatic carbocycles. The number of fused-ring (bicyclic) bond motifs is 1. The Morgan fingerprint density at radius 1 is 1.30 bits per heavy atom. The summed E-state index contributed by atoms with van der Waals surface area (Å²) in [7, 11) is 0. The number of hydrogen-bond acceptors (Lipinski definition) is 7. The van der Waals surface area contributed by atoms with Gasteiger partial charge < -0.3 is 15.8 Å². The van der Waals surface area contributed by atoms with Crippen molar-refractivity contribution in [1.82, 2.24) is 15.0 Å². The van der Waals surface area contributed by atoms with E-state index in [1.54, 1.807) is 26.0 Å². The molecule has 27 heavy (non-hydrogen) atoms. The predicted molar refractivity (Wildman–Crippen MR) is 99.7 cm³/mol. The number of primary amides is 1. The van der Waals surface area contributed by atoms with Gasteiger partial charge in [-0.3, -0.25) is 9.59 Å². The molecule has 0 aliphatic rings. The number of carbonyl (C=O) groups is 3. The Hall–Kier alpha value is -3.27. The number of ether oxygens (including phenoxy) is 1. The second kappa shape index (κ2) is 7.54. The van der Waals surface area contributed by atoms with E-state index in [2.05, 4.69) is 15.6 Å². The van der Waals surface area contributed by atoms with E-state index in [0.29, 0.717) is 16.6 Å². The first-order valence-electron chi connectivity index (χ1n) is 8.10. The van der Waals surface area contributed by atoms with Crippen molar-refractivity contribution in [2.45, 2.75) is 20.4 Å². The van der Waals surface area contributed by atoms with Gasteiger partial charge in [-0.1, -0.05) is 17.3 Å². The normalized spacial score (nSPS) is 10.7. The Labute approximate surface area is 158 Å². The third-order valence-corrected chi connectivity index (χ3v) is 5.04. The molecule has 2 aromatic heterocycles. The van der Waals surface area contributed by atoms with E-state index in [4.69, 9.17) is 10.5 Å². The molecule has 3 aromatic rings. The van der Waals surface area contributed by atoms with Crippen LogP contribution in [0.15, 0.2) is 24.3 Å². The van der Waals surface area contributed by atoms with E-state index < -0.39 is 17.8 Å². The molecule has 0 radical (unpaired) electrons. The van der Waals surface area contributed by atoms with Gasteiger partial charge in [0, 0.05) is 0 Å². The van der Waals surface area contributed by atoms with Crippen LogP contribution in [0.5, 0.6) is 0 Å². The summed E-state index contributed by atoms with van der Waals surface area (Å²) < 4.78 is 6.47. The predicted octanol–water partition coefficient (Wildman–Crippen LogP) is 1.72. The molecule has 0 fully saturated rings. The summed E-state index contributed by atoms with van der Waals surface area (Å²) in [6, 6.07) is 7.23. The summed E-state index contributed by atoms with van der Waals surface area (Å²) in [6.07, 6.45) is 0. The molecule has 0 saturated carbocycles. The van der Waals surface area contributed by atoms with Gasteiger partial charge in [0.15, 0.2) is 0 Å². The largest absolute Gasteiger partial charge is 0.462 e.